The fourth-order valence-corrected chi connectivity index (χ4v) is 2.84. The van der Waals surface area contributed by atoms with E-state index in [0.29, 0.717) is 0 Å². The molecule has 3 rings (SSSR count). The second kappa shape index (κ2) is 4.10. The molecule has 1 aromatic rings. The van der Waals surface area contributed by atoms with Crippen LogP contribution in [0.4, 0.5) is 0 Å². The van der Waals surface area contributed by atoms with Gasteiger partial charge in [0.2, 0.25) is 0 Å². The fraction of sp³-hybridized carbons (Fsp3) is 0.571. The molecule has 1 aliphatic carbocycles. The molecule has 86 valence electrons. The van der Waals surface area contributed by atoms with Gasteiger partial charge in [-0.15, -0.1) is 0 Å². The lowest BCUT2D eigenvalue weighted by Gasteiger charge is -2.20. The summed E-state index contributed by atoms with van der Waals surface area (Å²) >= 11 is 0. The van der Waals surface area contributed by atoms with E-state index in [9.17, 15) is 0 Å². The van der Waals surface area contributed by atoms with Crippen LogP contribution in [0.5, 0.6) is 5.75 Å². The van der Waals surface area contributed by atoms with Crippen LogP contribution in [0, 0.1) is 0 Å². The lowest BCUT2D eigenvalue weighted by molar-refractivity contribution is 0.315. The molecule has 1 heterocycles. The second-order valence-electron chi connectivity index (χ2n) is 4.96. The van der Waals surface area contributed by atoms with Gasteiger partial charge in [0.15, 0.2) is 0 Å². The van der Waals surface area contributed by atoms with Crippen LogP contribution in [0.15, 0.2) is 12.1 Å². The van der Waals surface area contributed by atoms with Gasteiger partial charge >= 0.3 is 0 Å². The first-order chi connectivity index (χ1) is 7.84. The monoisotopic (exact) mass is 217 g/mol. The van der Waals surface area contributed by atoms with Gasteiger partial charge in [0.1, 0.15) is 5.75 Å². The quantitative estimate of drug-likeness (QED) is 0.725. The predicted octanol–water partition coefficient (Wildman–Crippen LogP) is 2.74. The van der Waals surface area contributed by atoms with Crippen molar-refractivity contribution in [2.45, 2.75) is 44.6 Å². The number of benzene rings is 1. The van der Waals surface area contributed by atoms with Crippen LogP contribution >= 0.6 is 0 Å². The number of ether oxygens (including phenoxy) is 1. The van der Waals surface area contributed by atoms with Gasteiger partial charge in [-0.05, 0) is 55.7 Å². The molecular weight excluding hydrogens is 198 g/mol. The second-order valence-corrected chi connectivity index (χ2v) is 4.96. The lowest BCUT2D eigenvalue weighted by Crippen LogP contribution is -2.11. The zero-order valence-electron chi connectivity index (χ0n) is 9.67. The molecule has 0 bridgehead atoms. The standard InChI is InChI=1S/C14H19NO/c15-13-6-3-7-16-14-9-11-5-2-1-4-10(11)8-12(13)14/h8-9,13H,1-7,15H2. The molecular formula is C14H19NO. The summed E-state index contributed by atoms with van der Waals surface area (Å²) in [6.07, 6.45) is 7.18. The zero-order chi connectivity index (χ0) is 11.0. The van der Waals surface area contributed by atoms with Crippen LogP contribution in [-0.2, 0) is 12.8 Å². The van der Waals surface area contributed by atoms with Crippen molar-refractivity contribution in [3.8, 4) is 5.75 Å². The molecule has 0 spiro atoms. The first-order valence-corrected chi connectivity index (χ1v) is 6.38. The Hall–Kier alpha value is -1.02. The molecule has 2 heteroatoms. The third-order valence-electron chi connectivity index (χ3n) is 3.79. The average Bonchev–Trinajstić information content (AvgIpc) is 2.49. The van der Waals surface area contributed by atoms with E-state index >= 15 is 0 Å². The third kappa shape index (κ3) is 1.71. The SMILES string of the molecule is NC1CCCOc2cc3c(cc21)CCCC3. The molecule has 0 radical (unpaired) electrons. The van der Waals surface area contributed by atoms with Gasteiger partial charge in [0.05, 0.1) is 6.61 Å². The summed E-state index contributed by atoms with van der Waals surface area (Å²) in [5.74, 6) is 1.05. The van der Waals surface area contributed by atoms with Gasteiger partial charge in [-0.25, -0.2) is 0 Å². The van der Waals surface area contributed by atoms with Crippen molar-refractivity contribution in [1.29, 1.82) is 0 Å². The first kappa shape index (κ1) is 10.2. The maximum absolute atomic E-state index is 6.20. The van der Waals surface area contributed by atoms with E-state index in [-0.39, 0.29) is 6.04 Å². The Bertz CT molecular complexity index is 400. The zero-order valence-corrected chi connectivity index (χ0v) is 9.67. The van der Waals surface area contributed by atoms with E-state index in [1.54, 1.807) is 0 Å². The highest BCUT2D eigenvalue weighted by Crippen LogP contribution is 2.35. The maximum atomic E-state index is 6.20. The molecule has 1 unspecified atom stereocenters. The van der Waals surface area contributed by atoms with Crippen molar-refractivity contribution in [3.05, 3.63) is 28.8 Å². The minimum atomic E-state index is 0.171. The van der Waals surface area contributed by atoms with E-state index in [1.807, 2.05) is 0 Å². The van der Waals surface area contributed by atoms with E-state index < -0.39 is 0 Å². The first-order valence-electron chi connectivity index (χ1n) is 6.38. The number of fused-ring (bicyclic) bond motifs is 2. The molecule has 1 aromatic carbocycles. The Morgan fingerprint density at radius 1 is 1.06 bits per heavy atom. The average molecular weight is 217 g/mol. The summed E-state index contributed by atoms with van der Waals surface area (Å²) < 4.78 is 5.80. The maximum Gasteiger partial charge on any atom is 0.124 e. The van der Waals surface area contributed by atoms with Crippen molar-refractivity contribution in [3.63, 3.8) is 0 Å². The summed E-state index contributed by atoms with van der Waals surface area (Å²) in [5, 5.41) is 0. The Morgan fingerprint density at radius 2 is 1.81 bits per heavy atom. The van der Waals surface area contributed by atoms with Crippen molar-refractivity contribution < 1.29 is 4.74 Å². The van der Waals surface area contributed by atoms with Crippen LogP contribution in [0.2, 0.25) is 0 Å². The van der Waals surface area contributed by atoms with Crippen LogP contribution in [0.1, 0.15) is 48.4 Å². The Morgan fingerprint density at radius 3 is 2.62 bits per heavy atom. The molecule has 0 saturated heterocycles. The van der Waals surface area contributed by atoms with Gasteiger partial charge < -0.3 is 10.5 Å². The molecule has 2 N–H and O–H groups in total. The highest BCUT2D eigenvalue weighted by Gasteiger charge is 2.20. The molecule has 1 atom stereocenters. The van der Waals surface area contributed by atoms with E-state index in [2.05, 4.69) is 12.1 Å². The smallest absolute Gasteiger partial charge is 0.124 e. The molecule has 0 amide bonds. The van der Waals surface area contributed by atoms with E-state index in [0.717, 1.165) is 25.2 Å². The van der Waals surface area contributed by atoms with Crippen molar-refractivity contribution >= 4 is 0 Å². The number of hydrogen-bond acceptors (Lipinski definition) is 2. The third-order valence-corrected chi connectivity index (χ3v) is 3.79. The van der Waals surface area contributed by atoms with Crippen molar-refractivity contribution in [2.24, 2.45) is 5.73 Å². The largest absolute Gasteiger partial charge is 0.493 e. The van der Waals surface area contributed by atoms with Gasteiger partial charge in [0.25, 0.3) is 0 Å². The molecule has 16 heavy (non-hydrogen) atoms. The van der Waals surface area contributed by atoms with Gasteiger partial charge in [-0.1, -0.05) is 6.07 Å². The highest BCUT2D eigenvalue weighted by molar-refractivity contribution is 5.45. The minimum absolute atomic E-state index is 0.171. The van der Waals surface area contributed by atoms with Crippen LogP contribution in [0.25, 0.3) is 0 Å². The minimum Gasteiger partial charge on any atom is -0.493 e. The van der Waals surface area contributed by atoms with E-state index in [1.165, 1.54) is 42.4 Å². The fourth-order valence-electron chi connectivity index (χ4n) is 2.84. The number of hydrogen-bond donors (Lipinski definition) is 1. The molecule has 0 fully saturated rings. The Labute approximate surface area is 96.8 Å². The summed E-state index contributed by atoms with van der Waals surface area (Å²) in [4.78, 5) is 0. The number of nitrogens with two attached hydrogens (primary N) is 1. The topological polar surface area (TPSA) is 35.2 Å². The number of rotatable bonds is 0. The molecule has 1 aliphatic heterocycles. The van der Waals surface area contributed by atoms with Crippen molar-refractivity contribution in [1.82, 2.24) is 0 Å². The lowest BCUT2D eigenvalue weighted by atomic mass is 9.88. The van der Waals surface area contributed by atoms with Crippen LogP contribution in [-0.4, -0.2) is 6.61 Å². The van der Waals surface area contributed by atoms with Crippen LogP contribution < -0.4 is 10.5 Å². The molecule has 2 nitrogen and oxygen atoms in total. The summed E-state index contributed by atoms with van der Waals surface area (Å²) in [6, 6.07) is 4.72. The Balaban J connectivity index is 2.06. The molecule has 0 saturated carbocycles. The highest BCUT2D eigenvalue weighted by atomic mass is 16.5. The van der Waals surface area contributed by atoms with E-state index in [4.69, 9.17) is 10.5 Å². The van der Waals surface area contributed by atoms with Gasteiger partial charge in [-0.3, -0.25) is 0 Å². The summed E-state index contributed by atoms with van der Waals surface area (Å²) in [7, 11) is 0. The molecule has 0 aromatic heterocycles. The summed E-state index contributed by atoms with van der Waals surface area (Å²) in [5.41, 5.74) is 10.4. The number of aryl methyl sites for hydroxylation is 2. The Kier molecular flexibility index (Phi) is 2.60. The summed E-state index contributed by atoms with van der Waals surface area (Å²) in [6.45, 7) is 0.819. The molecule has 2 aliphatic rings. The van der Waals surface area contributed by atoms with Gasteiger partial charge in [-0.2, -0.15) is 0 Å². The van der Waals surface area contributed by atoms with Crippen LogP contribution in [0.3, 0.4) is 0 Å². The van der Waals surface area contributed by atoms with Gasteiger partial charge in [0, 0.05) is 11.6 Å². The van der Waals surface area contributed by atoms with Crippen molar-refractivity contribution in [2.75, 3.05) is 6.61 Å². The predicted molar refractivity (Wildman–Crippen MR) is 64.7 cm³/mol. The normalized spacial score (nSPS) is 23.9.